The fraction of sp³-hybridized carbons (Fsp3) is 0.400. The Balaban J connectivity index is 2.92. The summed E-state index contributed by atoms with van der Waals surface area (Å²) in [5.74, 6) is -2.30. The molecule has 1 aromatic rings. The van der Waals surface area contributed by atoms with Crippen molar-refractivity contribution in [2.45, 2.75) is 13.1 Å². The number of benzene rings is 1. The van der Waals surface area contributed by atoms with E-state index in [2.05, 4.69) is 10.1 Å². The zero-order chi connectivity index (χ0) is 19.9. The topological polar surface area (TPSA) is 103 Å². The molecule has 2 amide bonds. The van der Waals surface area contributed by atoms with E-state index in [0.29, 0.717) is 0 Å². The summed E-state index contributed by atoms with van der Waals surface area (Å²) < 4.78 is 50.8. The van der Waals surface area contributed by atoms with Gasteiger partial charge in [0.05, 0.1) is 25.5 Å². The van der Waals surface area contributed by atoms with E-state index < -0.39 is 37.1 Å². The SMILES string of the molecule is COc1cc(NC(C)=O)c(C(=O)OCC(=O)NCC(F)(F)F)cc1OC. The fourth-order valence-electron chi connectivity index (χ4n) is 1.80. The highest BCUT2D eigenvalue weighted by molar-refractivity contribution is 6.02. The van der Waals surface area contributed by atoms with Gasteiger partial charge in [-0.1, -0.05) is 0 Å². The molecule has 0 heterocycles. The Morgan fingerprint density at radius 1 is 1.08 bits per heavy atom. The van der Waals surface area contributed by atoms with Crippen molar-refractivity contribution in [2.75, 3.05) is 32.7 Å². The third kappa shape index (κ3) is 6.49. The number of hydrogen-bond donors (Lipinski definition) is 2. The minimum atomic E-state index is -4.58. The van der Waals surface area contributed by atoms with Crippen molar-refractivity contribution in [1.29, 1.82) is 0 Å². The number of ether oxygens (including phenoxy) is 3. The van der Waals surface area contributed by atoms with Gasteiger partial charge in [0.15, 0.2) is 18.1 Å². The molecular formula is C15H17F3N2O6. The van der Waals surface area contributed by atoms with Crippen LogP contribution in [0.1, 0.15) is 17.3 Å². The van der Waals surface area contributed by atoms with Gasteiger partial charge in [-0.3, -0.25) is 9.59 Å². The zero-order valence-electron chi connectivity index (χ0n) is 14.2. The number of rotatable bonds is 7. The average Bonchev–Trinajstić information content (AvgIpc) is 2.56. The Labute approximate surface area is 146 Å². The van der Waals surface area contributed by atoms with Gasteiger partial charge in [0.1, 0.15) is 6.54 Å². The van der Waals surface area contributed by atoms with Crippen LogP contribution in [0.4, 0.5) is 18.9 Å². The molecule has 1 aromatic carbocycles. The Bertz CT molecular complexity index is 691. The normalized spacial score (nSPS) is 10.7. The van der Waals surface area contributed by atoms with Crippen molar-refractivity contribution >= 4 is 23.5 Å². The van der Waals surface area contributed by atoms with Crippen molar-refractivity contribution in [3.8, 4) is 11.5 Å². The maximum Gasteiger partial charge on any atom is 0.405 e. The number of carbonyl (C=O) groups excluding carboxylic acids is 3. The van der Waals surface area contributed by atoms with E-state index in [-0.39, 0.29) is 22.7 Å². The molecule has 0 spiro atoms. The van der Waals surface area contributed by atoms with Crippen LogP contribution in [0.3, 0.4) is 0 Å². The summed E-state index contributed by atoms with van der Waals surface area (Å²) in [6.45, 7) is -1.27. The van der Waals surface area contributed by atoms with Gasteiger partial charge in [0.2, 0.25) is 5.91 Å². The van der Waals surface area contributed by atoms with Crippen molar-refractivity contribution in [2.24, 2.45) is 0 Å². The molecule has 0 unspecified atom stereocenters. The van der Waals surface area contributed by atoms with E-state index in [1.165, 1.54) is 33.3 Å². The number of hydrogen-bond acceptors (Lipinski definition) is 6. The number of esters is 1. The Kier molecular flexibility index (Phi) is 7.23. The molecule has 2 N–H and O–H groups in total. The van der Waals surface area contributed by atoms with E-state index in [9.17, 15) is 27.6 Å². The van der Waals surface area contributed by atoms with E-state index in [1.807, 2.05) is 0 Å². The summed E-state index contributed by atoms with van der Waals surface area (Å²) in [6, 6.07) is 2.51. The van der Waals surface area contributed by atoms with Crippen LogP contribution in [0, 0.1) is 0 Å². The first-order valence-corrected chi connectivity index (χ1v) is 7.11. The number of alkyl halides is 3. The molecule has 11 heteroatoms. The van der Waals surface area contributed by atoms with Gasteiger partial charge in [-0.2, -0.15) is 13.2 Å². The molecule has 8 nitrogen and oxygen atoms in total. The van der Waals surface area contributed by atoms with Gasteiger partial charge in [-0.05, 0) is 0 Å². The second-order valence-electron chi connectivity index (χ2n) is 4.90. The van der Waals surface area contributed by atoms with Crippen molar-refractivity contribution in [3.05, 3.63) is 17.7 Å². The molecule has 0 saturated heterocycles. The molecule has 0 radical (unpaired) electrons. The molecule has 0 aromatic heterocycles. The maximum atomic E-state index is 12.1. The summed E-state index contributed by atoms with van der Waals surface area (Å²) in [4.78, 5) is 34.7. The number of anilines is 1. The van der Waals surface area contributed by atoms with Crippen LogP contribution >= 0.6 is 0 Å². The molecule has 1 rings (SSSR count). The molecule has 0 aliphatic rings. The number of amides is 2. The predicted octanol–water partition coefficient (Wildman–Crippen LogP) is 1.50. The standard InChI is InChI=1S/C15H17F3N2O6/c1-8(21)20-10-5-12(25-3)11(24-2)4-9(10)14(23)26-6-13(22)19-7-15(16,17)18/h4-5H,6-7H2,1-3H3,(H,19,22)(H,20,21). The van der Waals surface area contributed by atoms with E-state index in [0.717, 1.165) is 0 Å². The van der Waals surface area contributed by atoms with Crippen LogP contribution in [0.25, 0.3) is 0 Å². The third-order valence-electron chi connectivity index (χ3n) is 2.87. The summed E-state index contributed by atoms with van der Waals surface area (Å²) in [6.07, 6.45) is -4.58. The fourth-order valence-corrected chi connectivity index (χ4v) is 1.80. The first-order chi connectivity index (χ1) is 12.1. The lowest BCUT2D eigenvalue weighted by molar-refractivity contribution is -0.140. The van der Waals surface area contributed by atoms with Gasteiger partial charge in [0, 0.05) is 19.1 Å². The van der Waals surface area contributed by atoms with Gasteiger partial charge in [-0.15, -0.1) is 0 Å². The second kappa shape index (κ2) is 8.92. The van der Waals surface area contributed by atoms with E-state index >= 15 is 0 Å². The molecule has 0 aliphatic carbocycles. The largest absolute Gasteiger partial charge is 0.493 e. The van der Waals surface area contributed by atoms with Crippen molar-refractivity contribution in [3.63, 3.8) is 0 Å². The third-order valence-corrected chi connectivity index (χ3v) is 2.87. The molecular weight excluding hydrogens is 361 g/mol. The molecule has 0 saturated carbocycles. The lowest BCUT2D eigenvalue weighted by atomic mass is 10.1. The summed E-state index contributed by atoms with van der Waals surface area (Å²) in [5.41, 5.74) is -0.141. The van der Waals surface area contributed by atoms with E-state index in [1.54, 1.807) is 5.32 Å². The molecule has 0 aliphatic heterocycles. The van der Waals surface area contributed by atoms with Crippen LogP contribution in [0.15, 0.2) is 12.1 Å². The van der Waals surface area contributed by atoms with Crippen LogP contribution in [0.5, 0.6) is 11.5 Å². The van der Waals surface area contributed by atoms with Gasteiger partial charge < -0.3 is 24.8 Å². The Hall–Kier alpha value is -2.98. The van der Waals surface area contributed by atoms with Crippen LogP contribution < -0.4 is 20.1 Å². The first-order valence-electron chi connectivity index (χ1n) is 7.11. The average molecular weight is 378 g/mol. The highest BCUT2D eigenvalue weighted by atomic mass is 19.4. The number of halogens is 3. The lowest BCUT2D eigenvalue weighted by Gasteiger charge is -2.14. The number of methoxy groups -OCH3 is 2. The number of carbonyl (C=O) groups is 3. The predicted molar refractivity (Wildman–Crippen MR) is 83.2 cm³/mol. The summed E-state index contributed by atoms with van der Waals surface area (Å²) in [7, 11) is 2.66. The second-order valence-corrected chi connectivity index (χ2v) is 4.90. The van der Waals surface area contributed by atoms with Gasteiger partial charge in [-0.25, -0.2) is 4.79 Å². The van der Waals surface area contributed by atoms with Gasteiger partial charge in [0.25, 0.3) is 5.91 Å². The highest BCUT2D eigenvalue weighted by Crippen LogP contribution is 2.33. The monoisotopic (exact) mass is 378 g/mol. The molecule has 0 fully saturated rings. The Morgan fingerprint density at radius 2 is 1.65 bits per heavy atom. The van der Waals surface area contributed by atoms with Crippen LogP contribution in [-0.4, -0.2) is 51.3 Å². The van der Waals surface area contributed by atoms with Crippen molar-refractivity contribution in [1.82, 2.24) is 5.32 Å². The molecule has 26 heavy (non-hydrogen) atoms. The van der Waals surface area contributed by atoms with Gasteiger partial charge >= 0.3 is 12.1 Å². The van der Waals surface area contributed by atoms with E-state index in [4.69, 9.17) is 9.47 Å². The Morgan fingerprint density at radius 3 is 2.15 bits per heavy atom. The van der Waals surface area contributed by atoms with Crippen LogP contribution in [-0.2, 0) is 14.3 Å². The minimum Gasteiger partial charge on any atom is -0.493 e. The molecule has 0 atom stereocenters. The lowest BCUT2D eigenvalue weighted by Crippen LogP contribution is -2.36. The summed E-state index contributed by atoms with van der Waals surface area (Å²) in [5, 5.41) is 3.95. The molecule has 0 bridgehead atoms. The summed E-state index contributed by atoms with van der Waals surface area (Å²) >= 11 is 0. The van der Waals surface area contributed by atoms with Crippen LogP contribution in [0.2, 0.25) is 0 Å². The minimum absolute atomic E-state index is 0.0239. The molecule has 144 valence electrons. The van der Waals surface area contributed by atoms with Crippen molar-refractivity contribution < 1.29 is 41.8 Å². The maximum absolute atomic E-state index is 12.1. The highest BCUT2D eigenvalue weighted by Gasteiger charge is 2.28. The first kappa shape index (κ1) is 21.1. The zero-order valence-corrected chi connectivity index (χ0v) is 14.2. The number of nitrogens with one attached hydrogen (secondary N) is 2. The quantitative estimate of drug-likeness (QED) is 0.697. The smallest absolute Gasteiger partial charge is 0.405 e.